The Morgan fingerprint density at radius 2 is 1.89 bits per heavy atom. The molecule has 2 amide bonds. The summed E-state index contributed by atoms with van der Waals surface area (Å²) in [5.74, 6) is 0.0116. The molecule has 7 heteroatoms. The molecule has 148 valence electrons. The van der Waals surface area contributed by atoms with Gasteiger partial charge in [-0.05, 0) is 49.4 Å². The number of aromatic amines is 1. The van der Waals surface area contributed by atoms with Crippen molar-refractivity contribution in [3.63, 3.8) is 0 Å². The predicted molar refractivity (Wildman–Crippen MR) is 107 cm³/mol. The Balaban J connectivity index is 1.70. The van der Waals surface area contributed by atoms with E-state index in [0.29, 0.717) is 41.2 Å². The van der Waals surface area contributed by atoms with Crippen molar-refractivity contribution in [2.75, 3.05) is 17.2 Å². The topological polar surface area (TPSA) is 100 Å². The molecule has 0 aliphatic heterocycles. The maximum absolute atomic E-state index is 12.7. The van der Waals surface area contributed by atoms with Gasteiger partial charge in [-0.3, -0.25) is 14.9 Å². The van der Waals surface area contributed by atoms with Gasteiger partial charge in [-0.15, -0.1) is 0 Å². The lowest BCUT2D eigenvalue weighted by molar-refractivity contribution is 0.0971. The van der Waals surface area contributed by atoms with Crippen molar-refractivity contribution >= 4 is 29.2 Å². The fourth-order valence-corrected chi connectivity index (χ4v) is 3.27. The van der Waals surface area contributed by atoms with Crippen molar-refractivity contribution in [3.8, 4) is 0 Å². The van der Waals surface area contributed by atoms with Gasteiger partial charge in [0, 0.05) is 29.1 Å². The summed E-state index contributed by atoms with van der Waals surface area (Å²) in [6.45, 7) is 6.03. The zero-order chi connectivity index (χ0) is 20.3. The molecule has 0 bridgehead atoms. The number of ketones is 1. The van der Waals surface area contributed by atoms with Gasteiger partial charge in [0.1, 0.15) is 5.69 Å². The first-order valence-corrected chi connectivity index (χ1v) is 9.45. The van der Waals surface area contributed by atoms with Gasteiger partial charge in [0.25, 0.3) is 5.91 Å². The summed E-state index contributed by atoms with van der Waals surface area (Å²) in [7, 11) is 0. The largest absolute Gasteiger partial charge is 0.449 e. The number of carbonyl (C=O) groups is 3. The highest BCUT2D eigenvalue weighted by atomic mass is 16.5. The highest BCUT2D eigenvalue weighted by Gasteiger charge is 2.26. The van der Waals surface area contributed by atoms with Gasteiger partial charge in [-0.2, -0.15) is 0 Å². The summed E-state index contributed by atoms with van der Waals surface area (Å²) < 4.78 is 5.10. The van der Waals surface area contributed by atoms with Crippen LogP contribution in [0.1, 0.15) is 58.8 Å². The molecule has 0 fully saturated rings. The molecule has 1 aliphatic rings. The van der Waals surface area contributed by atoms with E-state index in [0.717, 1.165) is 18.5 Å². The van der Waals surface area contributed by atoms with Gasteiger partial charge < -0.3 is 15.0 Å². The number of nitrogens with one attached hydrogen (secondary N) is 3. The Hall–Kier alpha value is -3.09. The average Bonchev–Trinajstić information content (AvgIpc) is 2.98. The van der Waals surface area contributed by atoms with Crippen molar-refractivity contribution in [2.24, 2.45) is 5.92 Å². The maximum atomic E-state index is 12.7. The summed E-state index contributed by atoms with van der Waals surface area (Å²) in [4.78, 5) is 39.7. The fraction of sp³-hybridized carbons (Fsp3) is 0.381. The summed E-state index contributed by atoms with van der Waals surface area (Å²) in [6.07, 6.45) is 1.55. The summed E-state index contributed by atoms with van der Waals surface area (Å²) in [6, 6.07) is 6.82. The van der Waals surface area contributed by atoms with E-state index in [1.807, 2.05) is 13.8 Å². The van der Waals surface area contributed by atoms with Crippen molar-refractivity contribution in [3.05, 3.63) is 46.8 Å². The van der Waals surface area contributed by atoms with Crippen LogP contribution in [-0.2, 0) is 11.2 Å². The van der Waals surface area contributed by atoms with E-state index in [4.69, 9.17) is 4.74 Å². The third-order valence-electron chi connectivity index (χ3n) is 4.58. The highest BCUT2D eigenvalue weighted by Crippen LogP contribution is 2.27. The third kappa shape index (κ3) is 4.42. The molecule has 1 aromatic carbocycles. The lowest BCUT2D eigenvalue weighted by Crippen LogP contribution is -2.17. The van der Waals surface area contributed by atoms with E-state index in [9.17, 15) is 14.4 Å². The van der Waals surface area contributed by atoms with Crippen LogP contribution in [0.3, 0.4) is 0 Å². The number of aryl methyl sites for hydroxylation is 1. The molecular weight excluding hydrogens is 358 g/mol. The van der Waals surface area contributed by atoms with Crippen molar-refractivity contribution < 1.29 is 19.1 Å². The first-order valence-electron chi connectivity index (χ1n) is 9.45. The van der Waals surface area contributed by atoms with Gasteiger partial charge in [0.05, 0.1) is 6.61 Å². The number of rotatable bonds is 5. The number of anilines is 2. The minimum absolute atomic E-state index is 0.0835. The number of aromatic nitrogens is 1. The Morgan fingerprint density at radius 3 is 2.57 bits per heavy atom. The Bertz CT molecular complexity index is 914. The van der Waals surface area contributed by atoms with Crippen LogP contribution < -0.4 is 10.6 Å². The zero-order valence-electron chi connectivity index (χ0n) is 16.3. The lowest BCUT2D eigenvalue weighted by atomic mass is 9.94. The van der Waals surface area contributed by atoms with Crippen LogP contribution in [0.5, 0.6) is 0 Å². The van der Waals surface area contributed by atoms with Crippen molar-refractivity contribution in [1.29, 1.82) is 0 Å². The molecule has 28 heavy (non-hydrogen) atoms. The van der Waals surface area contributed by atoms with Crippen LogP contribution in [0.4, 0.5) is 16.2 Å². The minimum atomic E-state index is -0.538. The van der Waals surface area contributed by atoms with Gasteiger partial charge in [0.2, 0.25) is 0 Å². The second-order valence-corrected chi connectivity index (χ2v) is 7.41. The van der Waals surface area contributed by atoms with E-state index < -0.39 is 6.09 Å². The standard InChI is InChI=1S/C21H25N3O4/c1-12(2)11-28-21(27)23-15-7-4-6-14(10-15)22-20(26)19-13(3)18-16(24-19)8-5-9-17(18)25/h4,6-7,10,12,24H,5,8-9,11H2,1-3H3,(H,22,26)(H,23,27). The monoisotopic (exact) mass is 383 g/mol. The lowest BCUT2D eigenvalue weighted by Gasteiger charge is -2.10. The van der Waals surface area contributed by atoms with Gasteiger partial charge >= 0.3 is 6.09 Å². The number of hydrogen-bond acceptors (Lipinski definition) is 4. The van der Waals surface area contributed by atoms with E-state index in [-0.39, 0.29) is 17.6 Å². The molecule has 1 aromatic heterocycles. The molecule has 3 N–H and O–H groups in total. The quantitative estimate of drug-likeness (QED) is 0.717. The van der Waals surface area contributed by atoms with Crippen LogP contribution in [0.15, 0.2) is 24.3 Å². The zero-order valence-corrected chi connectivity index (χ0v) is 16.3. The Labute approximate surface area is 163 Å². The number of benzene rings is 1. The Kier molecular flexibility index (Phi) is 5.82. The number of H-pyrrole nitrogens is 1. The highest BCUT2D eigenvalue weighted by molar-refractivity contribution is 6.08. The van der Waals surface area contributed by atoms with Gasteiger partial charge in [0.15, 0.2) is 5.78 Å². The number of hydrogen-bond donors (Lipinski definition) is 3. The number of amides is 2. The van der Waals surface area contributed by atoms with E-state index >= 15 is 0 Å². The average molecular weight is 383 g/mol. The van der Waals surface area contributed by atoms with Crippen LogP contribution in [0.25, 0.3) is 0 Å². The third-order valence-corrected chi connectivity index (χ3v) is 4.58. The number of ether oxygens (including phenoxy) is 1. The Morgan fingerprint density at radius 1 is 1.18 bits per heavy atom. The van der Waals surface area contributed by atoms with Gasteiger partial charge in [-0.1, -0.05) is 19.9 Å². The van der Waals surface area contributed by atoms with Crippen molar-refractivity contribution in [2.45, 2.75) is 40.0 Å². The second kappa shape index (κ2) is 8.29. The SMILES string of the molecule is Cc1c(C(=O)Nc2cccc(NC(=O)OCC(C)C)c2)[nH]c2c1C(=O)CCC2. The first kappa shape index (κ1) is 19.7. The van der Waals surface area contributed by atoms with Crippen LogP contribution in [0.2, 0.25) is 0 Å². The summed E-state index contributed by atoms with van der Waals surface area (Å²) in [5.41, 5.74) is 3.62. The molecule has 0 saturated heterocycles. The normalized spacial score (nSPS) is 13.2. The summed E-state index contributed by atoms with van der Waals surface area (Å²) >= 11 is 0. The molecular formula is C21H25N3O4. The molecule has 0 atom stereocenters. The van der Waals surface area contributed by atoms with Crippen LogP contribution in [0, 0.1) is 12.8 Å². The molecule has 0 spiro atoms. The minimum Gasteiger partial charge on any atom is -0.449 e. The molecule has 1 aliphatic carbocycles. The first-order chi connectivity index (χ1) is 13.3. The van der Waals surface area contributed by atoms with Gasteiger partial charge in [-0.25, -0.2) is 4.79 Å². The molecule has 1 heterocycles. The van der Waals surface area contributed by atoms with Crippen LogP contribution in [-0.4, -0.2) is 29.4 Å². The van der Waals surface area contributed by atoms with E-state index in [2.05, 4.69) is 15.6 Å². The number of carbonyl (C=O) groups excluding carboxylic acids is 3. The number of Topliss-reactive ketones (excluding diaryl/α,β-unsaturated/α-hetero) is 1. The number of fused-ring (bicyclic) bond motifs is 1. The maximum Gasteiger partial charge on any atom is 0.411 e. The molecule has 0 saturated carbocycles. The molecule has 3 rings (SSSR count). The second-order valence-electron chi connectivity index (χ2n) is 7.41. The van der Waals surface area contributed by atoms with E-state index in [1.54, 1.807) is 31.2 Å². The van der Waals surface area contributed by atoms with E-state index in [1.165, 1.54) is 0 Å². The molecule has 0 radical (unpaired) electrons. The summed E-state index contributed by atoms with van der Waals surface area (Å²) in [5, 5.41) is 5.46. The molecule has 2 aromatic rings. The van der Waals surface area contributed by atoms with Crippen molar-refractivity contribution in [1.82, 2.24) is 4.98 Å². The predicted octanol–water partition coefficient (Wildman–Crippen LogP) is 4.30. The smallest absolute Gasteiger partial charge is 0.411 e. The van der Waals surface area contributed by atoms with Crippen LogP contribution >= 0.6 is 0 Å². The fourth-order valence-electron chi connectivity index (χ4n) is 3.27. The molecule has 0 unspecified atom stereocenters. The molecule has 7 nitrogen and oxygen atoms in total.